The molecule has 0 spiro atoms. The van der Waals surface area contributed by atoms with Crippen LogP contribution in [0.4, 0.5) is 0 Å². The molecule has 1 fully saturated rings. The second kappa shape index (κ2) is 7.07. The Morgan fingerprint density at radius 2 is 2.05 bits per heavy atom. The largest absolute Gasteiger partial charge is 0.330 e. The van der Waals surface area contributed by atoms with Crippen molar-refractivity contribution in [3.63, 3.8) is 0 Å². The van der Waals surface area contributed by atoms with Gasteiger partial charge in [0.25, 0.3) is 0 Å². The van der Waals surface area contributed by atoms with Crippen LogP contribution < -0.4 is 5.73 Å². The Kier molecular flexibility index (Phi) is 5.39. The molecule has 1 aliphatic heterocycles. The van der Waals surface area contributed by atoms with Crippen LogP contribution in [0.2, 0.25) is 0 Å². The number of benzene rings is 1. The summed E-state index contributed by atoms with van der Waals surface area (Å²) < 4.78 is 0. The Hall–Kier alpha value is -1.36. The molecule has 5 heteroatoms. The third-order valence-corrected chi connectivity index (χ3v) is 4.38. The number of nitrogens with two attached hydrogens (primary N) is 1. The molecular formula is C16H23ClN4. The fraction of sp³-hybridized carbons (Fsp3) is 0.438. The summed E-state index contributed by atoms with van der Waals surface area (Å²) in [4.78, 5) is 2.49. The van der Waals surface area contributed by atoms with Crippen LogP contribution >= 0.6 is 12.4 Å². The van der Waals surface area contributed by atoms with Crippen molar-refractivity contribution in [3.05, 3.63) is 53.3 Å². The van der Waals surface area contributed by atoms with Gasteiger partial charge < -0.3 is 5.73 Å². The zero-order chi connectivity index (χ0) is 13.9. The quantitative estimate of drug-likeness (QED) is 0.911. The Morgan fingerprint density at radius 3 is 2.67 bits per heavy atom. The molecule has 0 radical (unpaired) electrons. The molecule has 0 aliphatic carbocycles. The highest BCUT2D eigenvalue weighted by Crippen LogP contribution is 2.32. The first-order valence-electron chi connectivity index (χ1n) is 7.24. The fourth-order valence-corrected chi connectivity index (χ4v) is 3.18. The van der Waals surface area contributed by atoms with Gasteiger partial charge in [0.15, 0.2) is 0 Å². The van der Waals surface area contributed by atoms with Gasteiger partial charge in [-0.3, -0.25) is 10.00 Å². The molecule has 3 N–H and O–H groups in total. The minimum atomic E-state index is 0. The summed E-state index contributed by atoms with van der Waals surface area (Å²) in [6, 6.07) is 10.7. The molecule has 0 bridgehead atoms. The van der Waals surface area contributed by atoms with E-state index in [0.29, 0.717) is 11.8 Å². The fourth-order valence-electron chi connectivity index (χ4n) is 3.18. The van der Waals surface area contributed by atoms with Crippen molar-refractivity contribution in [1.29, 1.82) is 0 Å². The molecule has 0 saturated carbocycles. The van der Waals surface area contributed by atoms with Crippen molar-refractivity contribution in [2.24, 2.45) is 11.7 Å². The van der Waals surface area contributed by atoms with Crippen LogP contribution in [0, 0.1) is 12.8 Å². The van der Waals surface area contributed by atoms with Crippen molar-refractivity contribution < 1.29 is 0 Å². The first kappa shape index (κ1) is 16.0. The number of halogens is 1. The van der Waals surface area contributed by atoms with Crippen LogP contribution in [-0.4, -0.2) is 34.7 Å². The van der Waals surface area contributed by atoms with Gasteiger partial charge in [0.1, 0.15) is 0 Å². The SMILES string of the molecule is Cc1[nH]ncc1CN1C[C@@H](CN)[C@H](c2ccccc2)C1.Cl. The second-order valence-corrected chi connectivity index (χ2v) is 5.73. The van der Waals surface area contributed by atoms with E-state index in [2.05, 4.69) is 52.4 Å². The molecule has 0 unspecified atom stereocenters. The third kappa shape index (κ3) is 3.46. The van der Waals surface area contributed by atoms with Gasteiger partial charge in [0, 0.05) is 36.8 Å². The van der Waals surface area contributed by atoms with E-state index in [-0.39, 0.29) is 12.4 Å². The van der Waals surface area contributed by atoms with E-state index < -0.39 is 0 Å². The summed E-state index contributed by atoms with van der Waals surface area (Å²) in [5.41, 5.74) is 9.84. The molecule has 2 atom stereocenters. The minimum absolute atomic E-state index is 0. The van der Waals surface area contributed by atoms with Crippen LogP contribution in [0.3, 0.4) is 0 Å². The smallest absolute Gasteiger partial charge is 0.0535 e. The molecule has 21 heavy (non-hydrogen) atoms. The number of nitrogens with one attached hydrogen (secondary N) is 1. The molecule has 4 nitrogen and oxygen atoms in total. The zero-order valence-electron chi connectivity index (χ0n) is 12.3. The van der Waals surface area contributed by atoms with Gasteiger partial charge in [0.05, 0.1) is 6.20 Å². The van der Waals surface area contributed by atoms with Gasteiger partial charge in [-0.1, -0.05) is 30.3 Å². The number of aromatic amines is 1. The third-order valence-electron chi connectivity index (χ3n) is 4.38. The lowest BCUT2D eigenvalue weighted by atomic mass is 9.89. The number of aromatic nitrogens is 2. The van der Waals surface area contributed by atoms with E-state index in [4.69, 9.17) is 5.73 Å². The number of H-pyrrole nitrogens is 1. The van der Waals surface area contributed by atoms with Crippen molar-refractivity contribution in [2.45, 2.75) is 19.4 Å². The number of rotatable bonds is 4. The van der Waals surface area contributed by atoms with Crippen LogP contribution in [0.25, 0.3) is 0 Å². The van der Waals surface area contributed by atoms with Gasteiger partial charge in [-0.15, -0.1) is 12.4 Å². The summed E-state index contributed by atoms with van der Waals surface area (Å²) in [7, 11) is 0. The second-order valence-electron chi connectivity index (χ2n) is 5.73. The molecule has 1 aromatic carbocycles. The molecule has 1 aliphatic rings. The molecule has 1 aromatic heterocycles. The standard InChI is InChI=1S/C16H22N4.ClH/c1-12-15(8-18-19-12)10-20-9-14(7-17)16(11-20)13-5-3-2-4-6-13;/h2-6,8,14,16H,7,9-11,17H2,1H3,(H,18,19);1H/t14-,16+;/m1./s1. The topological polar surface area (TPSA) is 57.9 Å². The molecule has 1 saturated heterocycles. The maximum absolute atomic E-state index is 5.98. The van der Waals surface area contributed by atoms with Gasteiger partial charge >= 0.3 is 0 Å². The van der Waals surface area contributed by atoms with Crippen LogP contribution in [0.15, 0.2) is 36.5 Å². The molecule has 2 heterocycles. The highest BCUT2D eigenvalue weighted by Gasteiger charge is 2.32. The van der Waals surface area contributed by atoms with Gasteiger partial charge in [-0.05, 0) is 24.9 Å². The zero-order valence-corrected chi connectivity index (χ0v) is 13.1. The summed E-state index contributed by atoms with van der Waals surface area (Å²) in [6.45, 7) is 5.94. The van der Waals surface area contributed by atoms with Crippen LogP contribution in [-0.2, 0) is 6.54 Å². The first-order valence-corrected chi connectivity index (χ1v) is 7.24. The van der Waals surface area contributed by atoms with Crippen molar-refractivity contribution >= 4 is 12.4 Å². The van der Waals surface area contributed by atoms with E-state index in [0.717, 1.165) is 31.9 Å². The summed E-state index contributed by atoms with van der Waals surface area (Å²) >= 11 is 0. The molecule has 2 aromatic rings. The lowest BCUT2D eigenvalue weighted by Gasteiger charge is -2.16. The number of hydrogen-bond acceptors (Lipinski definition) is 3. The van der Waals surface area contributed by atoms with Crippen molar-refractivity contribution in [3.8, 4) is 0 Å². The normalized spacial score (nSPS) is 22.2. The highest BCUT2D eigenvalue weighted by atomic mass is 35.5. The van der Waals surface area contributed by atoms with Crippen LogP contribution in [0.5, 0.6) is 0 Å². The maximum Gasteiger partial charge on any atom is 0.0535 e. The monoisotopic (exact) mass is 306 g/mol. The first-order chi connectivity index (χ1) is 9.78. The Bertz CT molecular complexity index is 554. The lowest BCUT2D eigenvalue weighted by Crippen LogP contribution is -2.23. The van der Waals surface area contributed by atoms with Crippen molar-refractivity contribution in [1.82, 2.24) is 15.1 Å². The van der Waals surface area contributed by atoms with E-state index in [9.17, 15) is 0 Å². The molecule has 0 amide bonds. The average Bonchev–Trinajstić information content (AvgIpc) is 3.07. The molecular weight excluding hydrogens is 284 g/mol. The van der Waals surface area contributed by atoms with Gasteiger partial charge in [0.2, 0.25) is 0 Å². The number of aryl methyl sites for hydroxylation is 1. The summed E-state index contributed by atoms with van der Waals surface area (Å²) in [5.74, 6) is 1.10. The Balaban J connectivity index is 0.00000161. The minimum Gasteiger partial charge on any atom is -0.330 e. The van der Waals surface area contributed by atoms with Crippen molar-refractivity contribution in [2.75, 3.05) is 19.6 Å². The van der Waals surface area contributed by atoms with E-state index >= 15 is 0 Å². The van der Waals surface area contributed by atoms with Gasteiger partial charge in [-0.2, -0.15) is 5.10 Å². The predicted molar refractivity (Wildman–Crippen MR) is 87.6 cm³/mol. The van der Waals surface area contributed by atoms with Gasteiger partial charge in [-0.25, -0.2) is 0 Å². The molecule has 3 rings (SSSR count). The van der Waals surface area contributed by atoms with Crippen LogP contribution in [0.1, 0.15) is 22.7 Å². The maximum atomic E-state index is 5.98. The Labute approximate surface area is 132 Å². The molecule has 114 valence electrons. The Morgan fingerprint density at radius 1 is 1.29 bits per heavy atom. The predicted octanol–water partition coefficient (Wildman–Crippen LogP) is 2.31. The van der Waals surface area contributed by atoms with E-state index in [1.54, 1.807) is 0 Å². The number of nitrogens with zero attached hydrogens (tertiary/aromatic N) is 2. The summed E-state index contributed by atoms with van der Waals surface area (Å²) in [6.07, 6.45) is 1.93. The number of hydrogen-bond donors (Lipinski definition) is 2. The highest BCUT2D eigenvalue weighted by molar-refractivity contribution is 5.85. The number of likely N-dealkylation sites (tertiary alicyclic amines) is 1. The lowest BCUT2D eigenvalue weighted by molar-refractivity contribution is 0.316. The van der Waals surface area contributed by atoms with E-state index in [1.807, 2.05) is 6.20 Å². The van der Waals surface area contributed by atoms with E-state index in [1.165, 1.54) is 11.1 Å². The average molecular weight is 307 g/mol. The summed E-state index contributed by atoms with van der Waals surface area (Å²) in [5, 5.41) is 7.11.